The van der Waals surface area contributed by atoms with Crippen LogP contribution in [0.4, 0.5) is 0 Å². The van der Waals surface area contributed by atoms with Gasteiger partial charge in [0.2, 0.25) is 0 Å². The number of aliphatic hydroxyl groups excluding tert-OH is 1. The average Bonchev–Trinajstić information content (AvgIpc) is 0.903. The van der Waals surface area contributed by atoms with Crippen LogP contribution < -0.4 is 0 Å². The molecule has 0 spiro atoms. The summed E-state index contributed by atoms with van der Waals surface area (Å²) in [5.41, 5.74) is 0. The third-order valence-electron chi connectivity index (χ3n) is 16.4. The highest BCUT2D eigenvalue weighted by molar-refractivity contribution is 7.47. The van der Waals surface area contributed by atoms with Crippen LogP contribution in [-0.4, -0.2) is 96.7 Å². The van der Waals surface area contributed by atoms with Gasteiger partial charge in [0.25, 0.3) is 0 Å². The minimum atomic E-state index is -5.00. The maximum absolute atomic E-state index is 13.1. The van der Waals surface area contributed by atoms with Crippen molar-refractivity contribution in [3.63, 3.8) is 0 Å². The first kappa shape index (κ1) is 101. The second kappa shape index (κ2) is 77.8. The summed E-state index contributed by atoms with van der Waals surface area (Å²) < 4.78 is 68.7. The van der Waals surface area contributed by atoms with Crippen molar-refractivity contribution in [3.05, 3.63) is 158 Å². The molecule has 0 saturated heterocycles. The first-order valence-electron chi connectivity index (χ1n) is 40.7. The molecule has 0 amide bonds. The number of esters is 4. The predicted octanol–water partition coefficient (Wildman–Crippen LogP) is 24.0. The van der Waals surface area contributed by atoms with Crippen molar-refractivity contribution >= 4 is 39.5 Å². The van der Waals surface area contributed by atoms with E-state index in [4.69, 9.17) is 37.0 Å². The van der Waals surface area contributed by atoms with Gasteiger partial charge in [-0.15, -0.1) is 0 Å². The number of phosphoric acid groups is 2. The van der Waals surface area contributed by atoms with Crippen molar-refractivity contribution in [2.45, 2.75) is 329 Å². The highest BCUT2D eigenvalue weighted by atomic mass is 31.2. The number of unbranched alkanes of at least 4 members (excludes halogenated alkanes) is 23. The summed E-state index contributed by atoms with van der Waals surface area (Å²) in [6.07, 6.45) is 90.7. The van der Waals surface area contributed by atoms with Crippen LogP contribution in [0.3, 0.4) is 0 Å². The molecule has 0 radical (unpaired) electrons. The van der Waals surface area contributed by atoms with E-state index in [1.165, 1.54) is 0 Å². The van der Waals surface area contributed by atoms with Crippen molar-refractivity contribution in [3.8, 4) is 0 Å². The van der Waals surface area contributed by atoms with Gasteiger partial charge in [-0.25, -0.2) is 9.13 Å². The lowest BCUT2D eigenvalue weighted by atomic mass is 10.1. The quantitative estimate of drug-likeness (QED) is 0.0169. The van der Waals surface area contributed by atoms with Crippen LogP contribution in [0.5, 0.6) is 0 Å². The van der Waals surface area contributed by atoms with Crippen LogP contribution in [0, 0.1) is 0 Å². The van der Waals surface area contributed by atoms with Crippen LogP contribution >= 0.6 is 15.6 Å². The van der Waals surface area contributed by atoms with E-state index in [1.807, 2.05) is 0 Å². The number of allylic oxidation sites excluding steroid dienone is 26. The number of hydrogen-bond donors (Lipinski definition) is 3. The van der Waals surface area contributed by atoms with Gasteiger partial charge in [-0.2, -0.15) is 0 Å². The lowest BCUT2D eigenvalue weighted by Crippen LogP contribution is -2.30. The molecule has 0 aromatic rings. The Morgan fingerprint density at radius 3 is 0.755 bits per heavy atom. The Morgan fingerprint density at radius 2 is 0.491 bits per heavy atom. The maximum Gasteiger partial charge on any atom is 0.472 e. The number of carbonyl (C=O) groups excluding carboxylic acids is 4. The fourth-order valence-electron chi connectivity index (χ4n) is 10.4. The molecular formula is C87H144O17P2. The van der Waals surface area contributed by atoms with Crippen LogP contribution in [0.15, 0.2) is 158 Å². The van der Waals surface area contributed by atoms with Gasteiger partial charge in [-0.05, 0) is 161 Å². The SMILES string of the molecule is CC/C=C\C/C=C\C/C=C\C/C=C\CCCCCCCCC(=O)OCC(COP(=O)(O)OCC(O)COP(=O)(O)OCC(COC(=O)CCCCCCC/C=C\C/C=C\C/C=C\CC)OC(=O)CCCCCCC/C=C\C/C=C\CCC)OC(=O)CCCCCCCC/C=C\C/C=C\C/C=C\C/C=C\CC. The molecule has 5 atom stereocenters. The van der Waals surface area contributed by atoms with Gasteiger partial charge in [0.1, 0.15) is 19.3 Å². The highest BCUT2D eigenvalue weighted by Gasteiger charge is 2.30. The summed E-state index contributed by atoms with van der Waals surface area (Å²) in [5, 5.41) is 10.7. The summed E-state index contributed by atoms with van der Waals surface area (Å²) in [6.45, 7) is 4.41. The van der Waals surface area contributed by atoms with Crippen molar-refractivity contribution in [1.29, 1.82) is 0 Å². The van der Waals surface area contributed by atoms with Gasteiger partial charge >= 0.3 is 39.5 Å². The zero-order valence-corrected chi connectivity index (χ0v) is 67.8. The van der Waals surface area contributed by atoms with Gasteiger partial charge in [0.15, 0.2) is 12.2 Å². The van der Waals surface area contributed by atoms with Crippen LogP contribution in [0.25, 0.3) is 0 Å². The van der Waals surface area contributed by atoms with Crippen molar-refractivity contribution < 1.29 is 80.2 Å². The number of phosphoric ester groups is 2. The van der Waals surface area contributed by atoms with Gasteiger partial charge in [0, 0.05) is 25.7 Å². The van der Waals surface area contributed by atoms with Crippen molar-refractivity contribution in [1.82, 2.24) is 0 Å². The van der Waals surface area contributed by atoms with Gasteiger partial charge in [0.05, 0.1) is 26.4 Å². The Hall–Kier alpha value is -5.32. The fourth-order valence-corrected chi connectivity index (χ4v) is 12.0. The van der Waals surface area contributed by atoms with Crippen LogP contribution in [-0.2, 0) is 65.4 Å². The molecule has 0 aromatic heterocycles. The van der Waals surface area contributed by atoms with Gasteiger partial charge in [-0.1, -0.05) is 282 Å². The molecule has 0 saturated carbocycles. The first-order valence-corrected chi connectivity index (χ1v) is 43.7. The molecule has 0 rings (SSSR count). The standard InChI is InChI=1S/C87H144O17P2/c1-5-9-13-17-21-25-29-33-36-38-40-42-45-49-52-56-60-64-68-72-85(90)98-78-83(104-87(92)74-70-66-62-58-54-50-46-43-41-39-37-34-30-26-22-18-14-10-6-2)80-102-106(95,96)100-76-81(88)75-99-105(93,94)101-79-82(103-86(91)73-69-65-61-57-53-47-32-28-24-20-16-12-8-4)77-97-84(89)71-67-63-59-55-51-48-44-35-31-27-23-19-15-11-7-3/h9-11,13-16,20-23,25-28,32-37,40-44,81-83,88H,5-8,12,17-19,24,29-31,38-39,45-80H2,1-4H3,(H,93,94)(H,95,96)/b13-9-,14-10-,15-11-,20-16-,25-21-,26-22-,27-23-,32-28-,36-33-,37-34-,42-40-,43-41-,44-35-. The predicted molar refractivity (Wildman–Crippen MR) is 436 cm³/mol. The Labute approximate surface area is 642 Å². The number of carbonyl (C=O) groups is 4. The van der Waals surface area contributed by atoms with Gasteiger partial charge < -0.3 is 33.8 Å². The summed E-state index contributed by atoms with van der Waals surface area (Å²) in [4.78, 5) is 73.1. The molecule has 0 aliphatic rings. The minimum absolute atomic E-state index is 0.0697. The molecule has 106 heavy (non-hydrogen) atoms. The number of ether oxygens (including phenoxy) is 4. The Bertz CT molecular complexity index is 2630. The van der Waals surface area contributed by atoms with E-state index >= 15 is 0 Å². The van der Waals surface area contributed by atoms with E-state index in [0.717, 1.165) is 231 Å². The minimum Gasteiger partial charge on any atom is -0.462 e. The van der Waals surface area contributed by atoms with Crippen LogP contribution in [0.1, 0.15) is 310 Å². The van der Waals surface area contributed by atoms with E-state index in [0.29, 0.717) is 25.7 Å². The summed E-state index contributed by atoms with van der Waals surface area (Å²) in [7, 11) is -9.99. The topological polar surface area (TPSA) is 237 Å². The molecule has 0 bridgehead atoms. The number of rotatable bonds is 75. The van der Waals surface area contributed by atoms with E-state index in [1.54, 1.807) is 0 Å². The zero-order valence-electron chi connectivity index (χ0n) is 66.1. The maximum atomic E-state index is 13.1. The second-order valence-corrected chi connectivity index (χ2v) is 29.5. The molecule has 0 aromatic carbocycles. The van der Waals surface area contributed by atoms with Crippen molar-refractivity contribution in [2.75, 3.05) is 39.6 Å². The largest absolute Gasteiger partial charge is 0.472 e. The number of aliphatic hydroxyl groups is 1. The molecule has 19 heteroatoms. The van der Waals surface area contributed by atoms with Crippen molar-refractivity contribution in [2.24, 2.45) is 0 Å². The van der Waals surface area contributed by atoms with E-state index in [9.17, 15) is 43.2 Å². The molecule has 0 aliphatic heterocycles. The van der Waals surface area contributed by atoms with E-state index in [2.05, 4.69) is 186 Å². The Kier molecular flexibility index (Phi) is 73.9. The first-order chi connectivity index (χ1) is 51.7. The highest BCUT2D eigenvalue weighted by Crippen LogP contribution is 2.45. The smallest absolute Gasteiger partial charge is 0.462 e. The monoisotopic (exact) mass is 1520 g/mol. The Morgan fingerprint density at radius 1 is 0.274 bits per heavy atom. The lowest BCUT2D eigenvalue weighted by molar-refractivity contribution is -0.161. The average molecular weight is 1520 g/mol. The molecular weight excluding hydrogens is 1380 g/mol. The number of hydrogen-bond acceptors (Lipinski definition) is 15. The third kappa shape index (κ3) is 76.9. The van der Waals surface area contributed by atoms with E-state index in [-0.39, 0.29) is 25.7 Å². The molecule has 604 valence electrons. The molecule has 5 unspecified atom stereocenters. The summed E-state index contributed by atoms with van der Waals surface area (Å²) >= 11 is 0. The molecule has 17 nitrogen and oxygen atoms in total. The van der Waals surface area contributed by atoms with E-state index < -0.39 is 97.5 Å². The second-order valence-electron chi connectivity index (χ2n) is 26.6. The molecule has 0 fully saturated rings. The summed E-state index contributed by atoms with van der Waals surface area (Å²) in [5.74, 6) is -2.24. The third-order valence-corrected chi connectivity index (χ3v) is 18.4. The summed E-state index contributed by atoms with van der Waals surface area (Å²) in [6, 6.07) is 0. The zero-order chi connectivity index (χ0) is 77.4. The Balaban J connectivity index is 5.41. The van der Waals surface area contributed by atoms with Gasteiger partial charge in [-0.3, -0.25) is 37.3 Å². The normalized spacial score (nSPS) is 14.7. The molecule has 0 heterocycles. The molecule has 0 aliphatic carbocycles. The van der Waals surface area contributed by atoms with Crippen LogP contribution in [0.2, 0.25) is 0 Å². The molecule has 3 N–H and O–H groups in total. The lowest BCUT2D eigenvalue weighted by Gasteiger charge is -2.21. The fraction of sp³-hybridized carbons (Fsp3) is 0.655.